The largest absolute Gasteiger partial charge is 0.431 e. The highest BCUT2D eigenvalue weighted by molar-refractivity contribution is 5.66. The number of carbonyl (C=O) groups excluding carboxylic acids is 1. The lowest BCUT2D eigenvalue weighted by Gasteiger charge is -2.72. The van der Waals surface area contributed by atoms with E-state index in [9.17, 15) is 9.59 Å². The van der Waals surface area contributed by atoms with Crippen molar-refractivity contribution >= 4 is 6.29 Å². The summed E-state index contributed by atoms with van der Waals surface area (Å²) in [4.78, 5) is 24.7. The Bertz CT molecular complexity index is 1100. The first-order chi connectivity index (χ1) is 15.8. The SMILES string of the molecule is CC12OC3CC(O1)C1(C=O)C4CCC5(C)C(c6ccc(=O)oc6)C6OC6C5C4CCC1(C3)O2. The minimum atomic E-state index is -1.02. The van der Waals surface area contributed by atoms with Crippen molar-refractivity contribution in [3.8, 4) is 0 Å². The molecule has 12 atom stereocenters. The van der Waals surface area contributed by atoms with Crippen LogP contribution >= 0.6 is 0 Å². The van der Waals surface area contributed by atoms with Gasteiger partial charge in [-0.25, -0.2) is 4.79 Å². The van der Waals surface area contributed by atoms with E-state index in [1.165, 1.54) is 12.4 Å². The first-order valence-corrected chi connectivity index (χ1v) is 12.6. The van der Waals surface area contributed by atoms with Crippen molar-refractivity contribution in [1.82, 2.24) is 0 Å². The van der Waals surface area contributed by atoms with Gasteiger partial charge in [0.1, 0.15) is 6.29 Å². The number of ether oxygens (including phenoxy) is 4. The lowest BCUT2D eigenvalue weighted by Crippen LogP contribution is -2.80. The molecule has 0 radical (unpaired) electrons. The number of hydrogen-bond donors (Lipinski definition) is 0. The van der Waals surface area contributed by atoms with E-state index in [1.54, 1.807) is 6.26 Å². The second-order valence-corrected chi connectivity index (χ2v) is 12.1. The molecule has 176 valence electrons. The highest BCUT2D eigenvalue weighted by Gasteiger charge is 2.79. The van der Waals surface area contributed by atoms with Gasteiger partial charge in [0, 0.05) is 31.7 Å². The summed E-state index contributed by atoms with van der Waals surface area (Å²) in [5.41, 5.74) is -0.284. The number of epoxide rings is 1. The Balaban J connectivity index is 1.20. The summed E-state index contributed by atoms with van der Waals surface area (Å²) in [6.07, 6.45) is 8.71. The third-order valence-electron chi connectivity index (χ3n) is 10.9. The molecule has 12 unspecified atom stereocenters. The molecule has 4 aliphatic carbocycles. The fraction of sp³-hybridized carbons (Fsp3) is 0.769. The maximum absolute atomic E-state index is 13.1. The lowest BCUT2D eigenvalue weighted by molar-refractivity contribution is -0.541. The highest BCUT2D eigenvalue weighted by atomic mass is 16.9. The van der Waals surface area contributed by atoms with Crippen LogP contribution in [0.3, 0.4) is 0 Å². The molecule has 33 heavy (non-hydrogen) atoms. The zero-order valence-electron chi connectivity index (χ0n) is 19.0. The first kappa shape index (κ1) is 19.7. The Kier molecular flexibility index (Phi) is 3.47. The van der Waals surface area contributed by atoms with Crippen LogP contribution in [0.4, 0.5) is 0 Å². The Morgan fingerprint density at radius 2 is 1.97 bits per heavy atom. The number of carbonyl (C=O) groups is 1. The number of fused-ring (bicyclic) bond motifs is 5. The molecule has 4 saturated carbocycles. The molecule has 1 aromatic rings. The Hall–Kier alpha value is -1.54. The molecule has 4 bridgehead atoms. The van der Waals surface area contributed by atoms with Crippen LogP contribution in [0.5, 0.6) is 0 Å². The van der Waals surface area contributed by atoms with E-state index < -0.39 is 17.0 Å². The Morgan fingerprint density at radius 1 is 1.09 bits per heavy atom. The van der Waals surface area contributed by atoms with Gasteiger partial charge in [0.2, 0.25) is 0 Å². The molecular weight excluding hydrogens is 424 g/mol. The molecule has 8 aliphatic rings. The van der Waals surface area contributed by atoms with Gasteiger partial charge in [0.25, 0.3) is 5.97 Å². The molecule has 4 aliphatic heterocycles. The average Bonchev–Trinajstić information content (AvgIpc) is 3.47. The summed E-state index contributed by atoms with van der Waals surface area (Å²) < 4.78 is 30.5. The van der Waals surface area contributed by atoms with Crippen LogP contribution in [0.15, 0.2) is 27.6 Å². The minimum absolute atomic E-state index is 0.0615. The number of rotatable bonds is 2. The van der Waals surface area contributed by atoms with Crippen molar-refractivity contribution in [2.24, 2.45) is 28.6 Å². The van der Waals surface area contributed by atoms with Crippen molar-refractivity contribution in [2.75, 3.05) is 0 Å². The van der Waals surface area contributed by atoms with Crippen LogP contribution in [0.2, 0.25) is 0 Å². The summed E-state index contributed by atoms with van der Waals surface area (Å²) in [5, 5.41) is 0. The van der Waals surface area contributed by atoms with Gasteiger partial charge in [-0.05, 0) is 60.5 Å². The summed E-state index contributed by atoms with van der Waals surface area (Å²) in [7, 11) is 0. The fourth-order valence-electron chi connectivity index (χ4n) is 10.1. The van der Waals surface area contributed by atoms with Gasteiger partial charge >= 0.3 is 5.63 Å². The molecule has 8 fully saturated rings. The van der Waals surface area contributed by atoms with E-state index in [1.807, 2.05) is 13.0 Å². The molecule has 1 spiro atoms. The van der Waals surface area contributed by atoms with Crippen LogP contribution in [-0.2, 0) is 23.7 Å². The van der Waals surface area contributed by atoms with Gasteiger partial charge in [-0.3, -0.25) is 0 Å². The van der Waals surface area contributed by atoms with E-state index >= 15 is 0 Å². The molecular formula is C26H30O7. The Labute approximate surface area is 192 Å². The topological polar surface area (TPSA) is 87.5 Å². The van der Waals surface area contributed by atoms with Gasteiger partial charge in [-0.1, -0.05) is 6.92 Å². The molecule has 5 heterocycles. The van der Waals surface area contributed by atoms with Crippen LogP contribution < -0.4 is 5.63 Å². The second-order valence-electron chi connectivity index (χ2n) is 12.1. The second kappa shape index (κ2) is 5.81. The fourth-order valence-corrected chi connectivity index (χ4v) is 10.1. The van der Waals surface area contributed by atoms with E-state index in [4.69, 9.17) is 23.4 Å². The summed E-state index contributed by atoms with van der Waals surface area (Å²) in [5.74, 6) is 0.214. The zero-order chi connectivity index (χ0) is 22.4. The summed E-state index contributed by atoms with van der Waals surface area (Å²) in [6.45, 7) is 4.27. The third-order valence-corrected chi connectivity index (χ3v) is 10.9. The number of hydrogen-bond acceptors (Lipinski definition) is 7. The van der Waals surface area contributed by atoms with E-state index in [0.717, 1.165) is 44.1 Å². The molecule has 9 rings (SSSR count). The third kappa shape index (κ3) is 2.14. The van der Waals surface area contributed by atoms with Crippen LogP contribution in [0, 0.1) is 28.6 Å². The zero-order valence-corrected chi connectivity index (χ0v) is 19.0. The minimum Gasteiger partial charge on any atom is -0.431 e. The van der Waals surface area contributed by atoms with E-state index in [0.29, 0.717) is 11.8 Å². The van der Waals surface area contributed by atoms with Gasteiger partial charge in [0.05, 0.1) is 41.7 Å². The predicted octanol–water partition coefficient (Wildman–Crippen LogP) is 3.15. The van der Waals surface area contributed by atoms with Crippen molar-refractivity contribution < 1.29 is 28.2 Å². The van der Waals surface area contributed by atoms with Crippen molar-refractivity contribution in [3.05, 3.63) is 34.4 Å². The van der Waals surface area contributed by atoms with Crippen LogP contribution in [0.1, 0.15) is 63.9 Å². The van der Waals surface area contributed by atoms with Crippen molar-refractivity contribution in [3.63, 3.8) is 0 Å². The van der Waals surface area contributed by atoms with Gasteiger partial charge in [-0.2, -0.15) is 0 Å². The first-order valence-electron chi connectivity index (χ1n) is 12.6. The normalized spacial score (nSPS) is 59.3. The molecule has 7 nitrogen and oxygen atoms in total. The maximum Gasteiger partial charge on any atom is 0.335 e. The monoisotopic (exact) mass is 454 g/mol. The molecule has 0 amide bonds. The molecule has 0 aromatic carbocycles. The van der Waals surface area contributed by atoms with Crippen molar-refractivity contribution in [1.29, 1.82) is 0 Å². The van der Waals surface area contributed by atoms with Crippen LogP contribution in [-0.4, -0.2) is 42.3 Å². The standard InChI is InChI=1S/C26H30O7/c1-23-7-6-16-15(20(23)22-21(30-22)19(23)13-3-4-18(28)29-11-13)5-8-25-10-14-9-17(26(16,25)12-27)32-24(2,31-14)33-25/h3-4,11-12,14-17,19-22H,5-10H2,1-2H3. The smallest absolute Gasteiger partial charge is 0.335 e. The van der Waals surface area contributed by atoms with E-state index in [2.05, 4.69) is 6.92 Å². The predicted molar refractivity (Wildman–Crippen MR) is 113 cm³/mol. The quantitative estimate of drug-likeness (QED) is 0.501. The van der Waals surface area contributed by atoms with Gasteiger partial charge in [-0.15, -0.1) is 0 Å². The lowest BCUT2D eigenvalue weighted by atomic mass is 9.41. The summed E-state index contributed by atoms with van der Waals surface area (Å²) >= 11 is 0. The molecule has 1 aromatic heterocycles. The molecule has 0 N–H and O–H groups in total. The average molecular weight is 455 g/mol. The maximum atomic E-state index is 13.1. The molecule has 7 heteroatoms. The van der Waals surface area contributed by atoms with Crippen LogP contribution in [0.25, 0.3) is 0 Å². The summed E-state index contributed by atoms with van der Waals surface area (Å²) in [6, 6.07) is 3.44. The molecule has 4 saturated heterocycles. The van der Waals surface area contributed by atoms with Crippen molar-refractivity contribution in [2.45, 2.75) is 94.3 Å². The number of aldehydes is 1. The van der Waals surface area contributed by atoms with Gasteiger partial charge in [0.15, 0.2) is 0 Å². The van der Waals surface area contributed by atoms with Gasteiger partial charge < -0.3 is 28.2 Å². The van der Waals surface area contributed by atoms with E-state index in [-0.39, 0.29) is 47.3 Å². The Morgan fingerprint density at radius 3 is 2.73 bits per heavy atom. The highest BCUT2D eigenvalue weighted by Crippen LogP contribution is 2.75.